The zero-order chi connectivity index (χ0) is 12.3. The van der Waals surface area contributed by atoms with Crippen LogP contribution in [0.25, 0.3) is 4.96 Å². The average molecular weight is 270 g/mol. The number of thioether (sulfide) groups is 1. The highest BCUT2D eigenvalue weighted by Crippen LogP contribution is 2.24. The van der Waals surface area contributed by atoms with Gasteiger partial charge in [-0.1, -0.05) is 0 Å². The number of hydrogen-bond acceptors (Lipinski definition) is 5. The highest BCUT2D eigenvalue weighted by atomic mass is 32.2. The first-order valence-corrected chi connectivity index (χ1v) is 7.90. The second-order valence-electron chi connectivity index (χ2n) is 3.89. The van der Waals surface area contributed by atoms with Gasteiger partial charge in [-0.15, -0.1) is 11.3 Å². The molecule has 0 unspecified atom stereocenters. The maximum atomic E-state index is 5.69. The number of hydrogen-bond donors (Lipinski definition) is 1. The van der Waals surface area contributed by atoms with E-state index in [4.69, 9.17) is 5.73 Å². The van der Waals surface area contributed by atoms with Crippen LogP contribution in [-0.4, -0.2) is 41.5 Å². The minimum absolute atomic E-state index is 0.660. The summed E-state index contributed by atoms with van der Waals surface area (Å²) in [5.74, 6) is 2.19. The lowest BCUT2D eigenvalue weighted by molar-refractivity contribution is 0.878. The van der Waals surface area contributed by atoms with Gasteiger partial charge in [0.15, 0.2) is 10.8 Å². The maximum Gasteiger partial charge on any atom is 0.195 e. The molecule has 0 saturated heterocycles. The zero-order valence-electron chi connectivity index (χ0n) is 10.2. The zero-order valence-corrected chi connectivity index (χ0v) is 11.9. The van der Waals surface area contributed by atoms with E-state index in [2.05, 4.69) is 39.2 Å². The lowest BCUT2D eigenvalue weighted by atomic mass is 10.3. The number of anilines is 1. The van der Waals surface area contributed by atoms with E-state index >= 15 is 0 Å². The van der Waals surface area contributed by atoms with Gasteiger partial charge in [0, 0.05) is 37.3 Å². The molecule has 0 aromatic carbocycles. The Hall–Kier alpha value is -0.720. The molecule has 94 valence electrons. The quantitative estimate of drug-likeness (QED) is 0.868. The molecule has 0 aliphatic carbocycles. The van der Waals surface area contributed by atoms with E-state index in [0.717, 1.165) is 29.5 Å². The van der Waals surface area contributed by atoms with Crippen molar-refractivity contribution in [2.24, 2.45) is 5.73 Å². The predicted molar refractivity (Wildman–Crippen MR) is 77.5 cm³/mol. The molecular formula is C11H18N4S2. The third-order valence-electron chi connectivity index (χ3n) is 2.71. The topological polar surface area (TPSA) is 46.6 Å². The molecule has 2 rings (SSSR count). The number of fused-ring (bicyclic) bond motifs is 1. The fourth-order valence-electron chi connectivity index (χ4n) is 1.83. The van der Waals surface area contributed by atoms with Gasteiger partial charge in [0.25, 0.3) is 0 Å². The molecule has 17 heavy (non-hydrogen) atoms. The Balaban J connectivity index is 2.30. The van der Waals surface area contributed by atoms with E-state index in [1.54, 1.807) is 11.3 Å². The summed E-state index contributed by atoms with van der Waals surface area (Å²) in [4.78, 5) is 7.97. The number of thiazole rings is 1. The number of nitrogens with zero attached hydrogens (tertiary/aromatic N) is 3. The van der Waals surface area contributed by atoms with Crippen LogP contribution in [0.1, 0.15) is 5.69 Å². The minimum atomic E-state index is 0.660. The highest BCUT2D eigenvalue weighted by Gasteiger charge is 2.15. The van der Waals surface area contributed by atoms with Gasteiger partial charge in [0.05, 0.1) is 5.69 Å². The lowest BCUT2D eigenvalue weighted by Gasteiger charge is -2.17. The molecule has 0 aliphatic rings. The summed E-state index contributed by atoms with van der Waals surface area (Å²) in [5.41, 5.74) is 6.92. The molecule has 6 heteroatoms. The number of rotatable bonds is 6. The van der Waals surface area contributed by atoms with Crippen LogP contribution in [0.15, 0.2) is 11.6 Å². The molecule has 0 atom stereocenters. The highest BCUT2D eigenvalue weighted by molar-refractivity contribution is 7.98. The summed E-state index contributed by atoms with van der Waals surface area (Å²) in [6.07, 6.45) is 5.07. The molecule has 2 N–H and O–H groups in total. The van der Waals surface area contributed by atoms with Gasteiger partial charge in [-0.3, -0.25) is 4.40 Å². The Morgan fingerprint density at radius 2 is 2.41 bits per heavy atom. The van der Waals surface area contributed by atoms with Crippen LogP contribution in [-0.2, 0) is 6.42 Å². The predicted octanol–water partition coefficient (Wildman–Crippen LogP) is 1.70. The van der Waals surface area contributed by atoms with Crippen LogP contribution in [0.4, 0.5) is 5.82 Å². The van der Waals surface area contributed by atoms with Crippen molar-refractivity contribution in [1.29, 1.82) is 0 Å². The Kier molecular flexibility index (Phi) is 4.31. The second kappa shape index (κ2) is 5.75. The van der Waals surface area contributed by atoms with Crippen LogP contribution >= 0.6 is 23.1 Å². The fourth-order valence-corrected chi connectivity index (χ4v) is 3.01. The SMILES string of the molecule is CSCCN(C)c1nc2sccn2c1CCN. The Morgan fingerprint density at radius 3 is 3.12 bits per heavy atom. The van der Waals surface area contributed by atoms with Crippen LogP contribution < -0.4 is 10.6 Å². The van der Waals surface area contributed by atoms with E-state index < -0.39 is 0 Å². The van der Waals surface area contributed by atoms with Crippen molar-refractivity contribution < 1.29 is 0 Å². The van der Waals surface area contributed by atoms with Crippen molar-refractivity contribution in [2.75, 3.05) is 37.0 Å². The largest absolute Gasteiger partial charge is 0.357 e. The third kappa shape index (κ3) is 2.59. The summed E-state index contributed by atoms with van der Waals surface area (Å²) >= 11 is 3.52. The van der Waals surface area contributed by atoms with Gasteiger partial charge >= 0.3 is 0 Å². The Bertz CT molecular complexity index is 477. The lowest BCUT2D eigenvalue weighted by Crippen LogP contribution is -2.22. The summed E-state index contributed by atoms with van der Waals surface area (Å²) in [6.45, 7) is 1.68. The number of aromatic nitrogens is 2. The van der Waals surface area contributed by atoms with E-state index in [1.807, 2.05) is 11.8 Å². The van der Waals surface area contributed by atoms with E-state index in [0.29, 0.717) is 6.54 Å². The van der Waals surface area contributed by atoms with Crippen LogP contribution in [0.5, 0.6) is 0 Å². The van der Waals surface area contributed by atoms with Gasteiger partial charge < -0.3 is 10.6 Å². The first-order valence-electron chi connectivity index (χ1n) is 5.62. The van der Waals surface area contributed by atoms with Gasteiger partial charge in [0.2, 0.25) is 0 Å². The van der Waals surface area contributed by atoms with Gasteiger partial charge in [0.1, 0.15) is 0 Å². The van der Waals surface area contributed by atoms with Crippen molar-refractivity contribution in [3.8, 4) is 0 Å². The molecule has 0 bridgehead atoms. The van der Waals surface area contributed by atoms with Crippen LogP contribution in [0, 0.1) is 0 Å². The summed E-state index contributed by atoms with van der Waals surface area (Å²) in [6, 6.07) is 0. The number of nitrogens with two attached hydrogens (primary N) is 1. The second-order valence-corrected chi connectivity index (χ2v) is 5.75. The molecule has 0 spiro atoms. The molecule has 0 amide bonds. The monoisotopic (exact) mass is 270 g/mol. The first kappa shape index (κ1) is 12.7. The van der Waals surface area contributed by atoms with Gasteiger partial charge in [-0.05, 0) is 12.8 Å². The van der Waals surface area contributed by atoms with Crippen molar-refractivity contribution in [3.05, 3.63) is 17.3 Å². The summed E-state index contributed by atoms with van der Waals surface area (Å²) < 4.78 is 2.16. The molecule has 4 nitrogen and oxygen atoms in total. The summed E-state index contributed by atoms with van der Waals surface area (Å²) in [7, 11) is 2.10. The number of imidazole rings is 1. The van der Waals surface area contributed by atoms with Gasteiger partial charge in [-0.25, -0.2) is 4.98 Å². The summed E-state index contributed by atoms with van der Waals surface area (Å²) in [5, 5.41) is 2.06. The van der Waals surface area contributed by atoms with E-state index in [1.165, 1.54) is 5.69 Å². The van der Waals surface area contributed by atoms with E-state index in [9.17, 15) is 0 Å². The van der Waals surface area contributed by atoms with Gasteiger partial charge in [-0.2, -0.15) is 11.8 Å². The average Bonchev–Trinajstić information content (AvgIpc) is 2.89. The molecule has 0 radical (unpaired) electrons. The third-order valence-corrected chi connectivity index (χ3v) is 4.06. The molecule has 2 aromatic rings. The van der Waals surface area contributed by atoms with Crippen molar-refractivity contribution in [1.82, 2.24) is 9.38 Å². The maximum absolute atomic E-state index is 5.69. The molecule has 0 saturated carbocycles. The Morgan fingerprint density at radius 1 is 1.59 bits per heavy atom. The molecule has 0 fully saturated rings. The fraction of sp³-hybridized carbons (Fsp3) is 0.545. The molecular weight excluding hydrogens is 252 g/mol. The van der Waals surface area contributed by atoms with E-state index in [-0.39, 0.29) is 0 Å². The standard InChI is InChI=1S/C11H18N4S2/c1-14(5-7-16-2)10-9(3-4-12)15-6-8-17-11(15)13-10/h6,8H,3-5,7,12H2,1-2H3. The van der Waals surface area contributed by atoms with Crippen molar-refractivity contribution >= 4 is 33.9 Å². The van der Waals surface area contributed by atoms with Crippen LogP contribution in [0.3, 0.4) is 0 Å². The first-order chi connectivity index (χ1) is 8.27. The molecule has 2 heterocycles. The Labute approximate surface area is 110 Å². The molecule has 2 aromatic heterocycles. The normalized spacial score (nSPS) is 11.2. The van der Waals surface area contributed by atoms with Crippen LogP contribution in [0.2, 0.25) is 0 Å². The van der Waals surface area contributed by atoms with Crippen molar-refractivity contribution in [2.45, 2.75) is 6.42 Å². The minimum Gasteiger partial charge on any atom is -0.357 e. The molecule has 0 aliphatic heterocycles. The smallest absolute Gasteiger partial charge is 0.195 e. The van der Waals surface area contributed by atoms with Crippen molar-refractivity contribution in [3.63, 3.8) is 0 Å².